The first-order valence-electron chi connectivity index (χ1n) is 18.7. The highest BCUT2D eigenvalue weighted by Gasteiger charge is 2.21. The van der Waals surface area contributed by atoms with E-state index in [0.29, 0.717) is 5.95 Å². The van der Waals surface area contributed by atoms with Crippen LogP contribution < -0.4 is 0 Å². The molecule has 0 spiro atoms. The first-order valence-corrected chi connectivity index (χ1v) is 18.7. The summed E-state index contributed by atoms with van der Waals surface area (Å²) in [5.41, 5.74) is 15.1. The third-order valence-electron chi connectivity index (χ3n) is 10.4. The summed E-state index contributed by atoms with van der Waals surface area (Å²) in [5, 5.41) is 2.31. The molecular formula is C52H35N3. The summed E-state index contributed by atoms with van der Waals surface area (Å²) in [6.07, 6.45) is 0. The summed E-state index contributed by atoms with van der Waals surface area (Å²) in [4.78, 5) is 10.9. The first kappa shape index (κ1) is 32.3. The smallest absolute Gasteiger partial charge is 0.235 e. The lowest BCUT2D eigenvalue weighted by molar-refractivity contribution is 0.996. The SMILES string of the molecule is c1ccc(-c2cccc(-c3cc(-c4cccc(-c5ccccc5)c4)nc(-n4c5ccccc5c5cc(-c6ccccc6)cc(-c6ccccc6)c54)n3)c2)cc1. The van der Waals surface area contributed by atoms with Gasteiger partial charge in [0, 0.05) is 27.5 Å². The van der Waals surface area contributed by atoms with Gasteiger partial charge in [0.1, 0.15) is 0 Å². The van der Waals surface area contributed by atoms with Gasteiger partial charge in [-0.05, 0) is 75.3 Å². The summed E-state index contributed by atoms with van der Waals surface area (Å²) in [6.45, 7) is 0. The average molecular weight is 702 g/mol. The third-order valence-corrected chi connectivity index (χ3v) is 10.4. The lowest BCUT2D eigenvalue weighted by Crippen LogP contribution is -2.05. The second-order valence-electron chi connectivity index (χ2n) is 13.8. The van der Waals surface area contributed by atoms with Crippen molar-refractivity contribution in [2.75, 3.05) is 0 Å². The Kier molecular flexibility index (Phi) is 8.16. The van der Waals surface area contributed by atoms with E-state index in [1.165, 1.54) is 22.3 Å². The van der Waals surface area contributed by atoms with Crippen LogP contribution in [0.2, 0.25) is 0 Å². The molecule has 0 aliphatic carbocycles. The van der Waals surface area contributed by atoms with Gasteiger partial charge in [-0.15, -0.1) is 0 Å². The first-order chi connectivity index (χ1) is 27.3. The van der Waals surface area contributed by atoms with Crippen molar-refractivity contribution in [3.8, 4) is 73.0 Å². The van der Waals surface area contributed by atoms with Gasteiger partial charge in [0.15, 0.2) is 0 Å². The lowest BCUT2D eigenvalue weighted by atomic mass is 9.95. The molecular weight excluding hydrogens is 667 g/mol. The molecule has 258 valence electrons. The van der Waals surface area contributed by atoms with Gasteiger partial charge in [-0.25, -0.2) is 9.97 Å². The van der Waals surface area contributed by atoms with Gasteiger partial charge in [0.05, 0.1) is 22.4 Å². The van der Waals surface area contributed by atoms with E-state index in [1.54, 1.807) is 0 Å². The molecule has 2 aromatic heterocycles. The van der Waals surface area contributed by atoms with E-state index in [-0.39, 0.29) is 0 Å². The highest BCUT2D eigenvalue weighted by Crippen LogP contribution is 2.41. The molecule has 0 unspecified atom stereocenters. The topological polar surface area (TPSA) is 30.7 Å². The molecule has 10 aromatic rings. The monoisotopic (exact) mass is 701 g/mol. The summed E-state index contributed by atoms with van der Waals surface area (Å²) >= 11 is 0. The molecule has 0 fully saturated rings. The number of fused-ring (bicyclic) bond motifs is 3. The van der Waals surface area contributed by atoms with Crippen LogP contribution in [0.1, 0.15) is 0 Å². The van der Waals surface area contributed by atoms with Crippen LogP contribution in [0.3, 0.4) is 0 Å². The number of para-hydroxylation sites is 1. The Morgan fingerprint density at radius 3 is 1.27 bits per heavy atom. The number of nitrogens with zero attached hydrogens (tertiary/aromatic N) is 3. The van der Waals surface area contributed by atoms with Gasteiger partial charge in [0.2, 0.25) is 5.95 Å². The van der Waals surface area contributed by atoms with Crippen LogP contribution >= 0.6 is 0 Å². The Labute approximate surface area is 320 Å². The number of hydrogen-bond acceptors (Lipinski definition) is 2. The normalized spacial score (nSPS) is 11.3. The molecule has 3 nitrogen and oxygen atoms in total. The standard InChI is InChI=1S/C52H35N3/c1-5-17-36(18-6-1)40-25-15-27-42(31-40)48-35-49(43-28-16-26-41(32-43)37-19-7-2-8-20-37)54-52(53-48)55-50-30-14-13-29-45(50)47-34-44(38-21-9-3-10-22-38)33-46(51(47)55)39-23-11-4-12-24-39/h1-35H. The van der Waals surface area contributed by atoms with Crippen molar-refractivity contribution < 1.29 is 0 Å². The largest absolute Gasteiger partial charge is 0.277 e. The maximum atomic E-state index is 5.45. The average Bonchev–Trinajstić information content (AvgIpc) is 3.61. The molecule has 3 heteroatoms. The second-order valence-corrected chi connectivity index (χ2v) is 13.8. The van der Waals surface area contributed by atoms with E-state index in [1.807, 2.05) is 0 Å². The van der Waals surface area contributed by atoms with Gasteiger partial charge in [-0.1, -0.05) is 176 Å². The summed E-state index contributed by atoms with van der Waals surface area (Å²) < 4.78 is 2.27. The molecule has 0 aliphatic rings. The second kappa shape index (κ2) is 13.9. The maximum Gasteiger partial charge on any atom is 0.235 e. The third kappa shape index (κ3) is 6.08. The molecule has 0 aliphatic heterocycles. The van der Waals surface area contributed by atoms with Gasteiger partial charge in [0.25, 0.3) is 0 Å². The Morgan fingerprint density at radius 2 is 0.727 bits per heavy atom. The van der Waals surface area contributed by atoms with Crippen molar-refractivity contribution in [1.82, 2.24) is 14.5 Å². The molecule has 0 bridgehead atoms. The highest BCUT2D eigenvalue weighted by molar-refractivity contribution is 6.15. The predicted octanol–water partition coefficient (Wildman–Crippen LogP) is 13.6. The summed E-state index contributed by atoms with van der Waals surface area (Å²) in [7, 11) is 0. The molecule has 10 rings (SSSR count). The van der Waals surface area contributed by atoms with Gasteiger partial charge < -0.3 is 0 Å². The van der Waals surface area contributed by atoms with Crippen molar-refractivity contribution >= 4 is 21.8 Å². The lowest BCUT2D eigenvalue weighted by Gasteiger charge is -2.15. The van der Waals surface area contributed by atoms with Gasteiger partial charge >= 0.3 is 0 Å². The van der Waals surface area contributed by atoms with Crippen LogP contribution in [0.25, 0.3) is 94.8 Å². The Balaban J connectivity index is 1.27. The highest BCUT2D eigenvalue weighted by atomic mass is 15.2. The molecule has 55 heavy (non-hydrogen) atoms. The fourth-order valence-electron chi connectivity index (χ4n) is 7.75. The molecule has 0 N–H and O–H groups in total. The minimum atomic E-state index is 0.624. The van der Waals surface area contributed by atoms with Crippen molar-refractivity contribution in [3.05, 3.63) is 212 Å². The Bertz CT molecular complexity index is 2850. The molecule has 0 atom stereocenters. The fraction of sp³-hybridized carbons (Fsp3) is 0. The van der Waals surface area contributed by atoms with E-state index in [2.05, 4.69) is 217 Å². The van der Waals surface area contributed by atoms with E-state index in [9.17, 15) is 0 Å². The number of hydrogen-bond donors (Lipinski definition) is 0. The molecule has 2 heterocycles. The number of aromatic nitrogens is 3. The number of rotatable bonds is 7. The zero-order valence-electron chi connectivity index (χ0n) is 30.0. The Hall–Kier alpha value is -7.36. The van der Waals surface area contributed by atoms with Crippen LogP contribution in [0.5, 0.6) is 0 Å². The van der Waals surface area contributed by atoms with E-state index >= 15 is 0 Å². The zero-order valence-corrected chi connectivity index (χ0v) is 30.0. The summed E-state index contributed by atoms with van der Waals surface area (Å²) in [6, 6.07) is 75.1. The predicted molar refractivity (Wildman–Crippen MR) is 229 cm³/mol. The summed E-state index contributed by atoms with van der Waals surface area (Å²) in [5.74, 6) is 0.624. The maximum absolute atomic E-state index is 5.45. The van der Waals surface area contributed by atoms with Crippen LogP contribution in [0.15, 0.2) is 212 Å². The molecule has 0 saturated heterocycles. The van der Waals surface area contributed by atoms with Crippen molar-refractivity contribution in [1.29, 1.82) is 0 Å². The fourth-order valence-corrected chi connectivity index (χ4v) is 7.75. The molecule has 8 aromatic carbocycles. The quantitative estimate of drug-likeness (QED) is 0.166. The van der Waals surface area contributed by atoms with Crippen LogP contribution in [0.4, 0.5) is 0 Å². The van der Waals surface area contributed by atoms with Crippen LogP contribution in [-0.2, 0) is 0 Å². The molecule has 0 radical (unpaired) electrons. The zero-order chi connectivity index (χ0) is 36.6. The van der Waals surface area contributed by atoms with Crippen molar-refractivity contribution in [2.45, 2.75) is 0 Å². The minimum absolute atomic E-state index is 0.624. The Morgan fingerprint density at radius 1 is 0.291 bits per heavy atom. The van der Waals surface area contributed by atoms with E-state index < -0.39 is 0 Å². The van der Waals surface area contributed by atoms with Crippen LogP contribution in [-0.4, -0.2) is 14.5 Å². The van der Waals surface area contributed by atoms with Crippen molar-refractivity contribution in [2.24, 2.45) is 0 Å². The van der Waals surface area contributed by atoms with Gasteiger partial charge in [-0.2, -0.15) is 0 Å². The van der Waals surface area contributed by atoms with Crippen molar-refractivity contribution in [3.63, 3.8) is 0 Å². The molecule has 0 saturated carbocycles. The molecule has 0 amide bonds. The van der Waals surface area contributed by atoms with Crippen LogP contribution in [0, 0.1) is 0 Å². The van der Waals surface area contributed by atoms with Gasteiger partial charge in [-0.3, -0.25) is 4.57 Å². The minimum Gasteiger partial charge on any atom is -0.277 e. The van der Waals surface area contributed by atoms with E-state index in [0.717, 1.165) is 66.6 Å². The van der Waals surface area contributed by atoms with E-state index in [4.69, 9.17) is 9.97 Å². The number of benzene rings is 8.